The minimum atomic E-state index is -0.973. The van der Waals surface area contributed by atoms with Crippen molar-refractivity contribution in [3.05, 3.63) is 63.1 Å². The molecule has 1 aliphatic carbocycles. The molecule has 7 nitrogen and oxygen atoms in total. The normalized spacial score (nSPS) is 22.7. The van der Waals surface area contributed by atoms with Gasteiger partial charge in [-0.3, -0.25) is 19.3 Å². The predicted octanol–water partition coefficient (Wildman–Crippen LogP) is 2.45. The average Bonchev–Trinajstić information content (AvgIpc) is 2.97. The van der Waals surface area contributed by atoms with Crippen LogP contribution in [-0.4, -0.2) is 45.9 Å². The van der Waals surface area contributed by atoms with E-state index in [4.69, 9.17) is 0 Å². The fraction of sp³-hybridized carbons (Fsp3) is 0.435. The van der Waals surface area contributed by atoms with Crippen LogP contribution in [0.15, 0.2) is 29.2 Å². The number of aldehydes is 1. The molecular weight excluding hydrogens is 420 g/mol. The van der Waals surface area contributed by atoms with Gasteiger partial charge in [-0.2, -0.15) is 0 Å². The van der Waals surface area contributed by atoms with Gasteiger partial charge in [0, 0.05) is 43.0 Å². The van der Waals surface area contributed by atoms with E-state index in [1.165, 1.54) is 16.8 Å². The van der Waals surface area contributed by atoms with E-state index in [0.29, 0.717) is 24.8 Å². The first-order chi connectivity index (χ1) is 15.2. The average molecular weight is 445 g/mol. The molecule has 2 unspecified atom stereocenters. The van der Waals surface area contributed by atoms with Gasteiger partial charge in [0.25, 0.3) is 5.91 Å². The number of hydrogen-bond acceptors (Lipinski definition) is 5. The summed E-state index contributed by atoms with van der Waals surface area (Å²) in [5, 5.41) is 12.8. The number of nitrogens with one attached hydrogen (secondary N) is 1. The number of pyridine rings is 1. The Balaban J connectivity index is 1.63. The molecule has 2 bridgehead atoms. The Morgan fingerprint density at radius 2 is 2.16 bits per heavy atom. The van der Waals surface area contributed by atoms with E-state index < -0.39 is 28.7 Å². The molecule has 4 rings (SSSR count). The molecular formula is C23H25F2N3O4. The summed E-state index contributed by atoms with van der Waals surface area (Å²) in [5.41, 5.74) is -1.66. The summed E-state index contributed by atoms with van der Waals surface area (Å²) < 4.78 is 28.4. The maximum atomic E-state index is 13.9. The predicted molar refractivity (Wildman–Crippen MR) is 113 cm³/mol. The Hall–Kier alpha value is -3.07. The number of nitrogens with zero attached hydrogens (tertiary/aromatic N) is 2. The number of rotatable bonds is 6. The Morgan fingerprint density at radius 1 is 1.38 bits per heavy atom. The van der Waals surface area contributed by atoms with Crippen molar-refractivity contribution in [2.45, 2.75) is 44.3 Å². The lowest BCUT2D eigenvalue weighted by Gasteiger charge is -2.39. The van der Waals surface area contributed by atoms with Gasteiger partial charge in [0.15, 0.2) is 12.0 Å². The minimum absolute atomic E-state index is 0.0496. The number of amides is 1. The number of likely N-dealkylation sites (N-methyl/N-ethyl adjacent to an activating group) is 1. The monoisotopic (exact) mass is 445 g/mol. The zero-order valence-corrected chi connectivity index (χ0v) is 17.7. The van der Waals surface area contributed by atoms with Gasteiger partial charge >= 0.3 is 0 Å². The smallest absolute Gasteiger partial charge is 0.257 e. The van der Waals surface area contributed by atoms with Crippen molar-refractivity contribution in [3.63, 3.8) is 0 Å². The minimum Gasteiger partial charge on any atom is -0.503 e. The maximum absolute atomic E-state index is 13.9. The SMILES string of the molecule is CN1CC2CCCC1(Cn1cc(C(=O)NCc3ccc(F)cc3F)c(=O)c(O)c1C=O)C2. The molecule has 0 spiro atoms. The number of carbonyl (C=O) groups excluding carboxylic acids is 2. The van der Waals surface area contributed by atoms with Gasteiger partial charge < -0.3 is 15.0 Å². The van der Waals surface area contributed by atoms with E-state index in [-0.39, 0.29) is 28.9 Å². The lowest BCUT2D eigenvalue weighted by Crippen LogP contribution is -2.46. The summed E-state index contributed by atoms with van der Waals surface area (Å²) in [4.78, 5) is 39.2. The van der Waals surface area contributed by atoms with Crippen molar-refractivity contribution in [1.82, 2.24) is 14.8 Å². The molecule has 0 radical (unpaired) electrons. The van der Waals surface area contributed by atoms with Crippen LogP contribution in [0.25, 0.3) is 0 Å². The number of likely N-dealkylation sites (tertiary alicyclic amines) is 1. The van der Waals surface area contributed by atoms with Crippen molar-refractivity contribution in [2.75, 3.05) is 13.6 Å². The highest BCUT2D eigenvalue weighted by Gasteiger charge is 2.46. The highest BCUT2D eigenvalue weighted by molar-refractivity contribution is 5.95. The number of halogens is 2. The molecule has 1 aromatic heterocycles. The first kappa shape index (κ1) is 22.1. The van der Waals surface area contributed by atoms with Gasteiger partial charge in [0.05, 0.1) is 0 Å². The molecule has 1 amide bonds. The van der Waals surface area contributed by atoms with E-state index in [1.54, 1.807) is 0 Å². The highest BCUT2D eigenvalue weighted by atomic mass is 19.1. The number of aromatic hydroxyl groups is 1. The van der Waals surface area contributed by atoms with Crippen LogP contribution in [0.4, 0.5) is 8.78 Å². The lowest BCUT2D eigenvalue weighted by atomic mass is 9.79. The van der Waals surface area contributed by atoms with Crippen LogP contribution in [0.2, 0.25) is 0 Å². The summed E-state index contributed by atoms with van der Waals surface area (Å²) in [6, 6.07) is 2.97. The van der Waals surface area contributed by atoms with Gasteiger partial charge in [-0.1, -0.05) is 12.5 Å². The fourth-order valence-electron chi connectivity index (χ4n) is 5.14. The Labute approximate surface area is 183 Å². The second-order valence-corrected chi connectivity index (χ2v) is 8.84. The molecule has 2 aliphatic rings. The zero-order chi connectivity index (χ0) is 23.0. The molecule has 170 valence electrons. The largest absolute Gasteiger partial charge is 0.503 e. The van der Waals surface area contributed by atoms with Gasteiger partial charge in [0.2, 0.25) is 5.43 Å². The van der Waals surface area contributed by atoms with E-state index in [9.17, 15) is 28.3 Å². The Morgan fingerprint density at radius 3 is 2.88 bits per heavy atom. The molecule has 2 heterocycles. The van der Waals surface area contributed by atoms with Crippen molar-refractivity contribution < 1.29 is 23.5 Å². The molecule has 2 aromatic rings. The number of aromatic nitrogens is 1. The van der Waals surface area contributed by atoms with Gasteiger partial charge in [-0.25, -0.2) is 8.78 Å². The van der Waals surface area contributed by atoms with Crippen molar-refractivity contribution in [1.29, 1.82) is 0 Å². The molecule has 1 aromatic carbocycles. The third-order valence-electron chi connectivity index (χ3n) is 6.84. The number of fused-ring (bicyclic) bond motifs is 2. The molecule has 1 aliphatic heterocycles. The molecule has 1 saturated carbocycles. The summed E-state index contributed by atoms with van der Waals surface area (Å²) in [6.07, 6.45) is 5.76. The van der Waals surface area contributed by atoms with E-state index in [1.807, 2.05) is 7.05 Å². The fourth-order valence-corrected chi connectivity index (χ4v) is 5.14. The molecule has 2 N–H and O–H groups in total. The topological polar surface area (TPSA) is 91.6 Å². The second-order valence-electron chi connectivity index (χ2n) is 8.84. The van der Waals surface area contributed by atoms with Crippen LogP contribution >= 0.6 is 0 Å². The Bertz CT molecular complexity index is 1130. The zero-order valence-electron chi connectivity index (χ0n) is 17.7. The third kappa shape index (κ3) is 3.92. The highest BCUT2D eigenvalue weighted by Crippen LogP contribution is 2.44. The van der Waals surface area contributed by atoms with Crippen molar-refractivity contribution >= 4 is 12.2 Å². The first-order valence-corrected chi connectivity index (χ1v) is 10.6. The maximum Gasteiger partial charge on any atom is 0.257 e. The van der Waals surface area contributed by atoms with Crippen LogP contribution in [-0.2, 0) is 13.1 Å². The summed E-state index contributed by atoms with van der Waals surface area (Å²) in [7, 11) is 2.03. The summed E-state index contributed by atoms with van der Waals surface area (Å²) in [5.74, 6) is -2.60. The summed E-state index contributed by atoms with van der Waals surface area (Å²) >= 11 is 0. The molecule has 2 fully saturated rings. The van der Waals surface area contributed by atoms with Gasteiger partial charge in [-0.15, -0.1) is 0 Å². The van der Waals surface area contributed by atoms with Crippen LogP contribution in [0.3, 0.4) is 0 Å². The van der Waals surface area contributed by atoms with Crippen molar-refractivity contribution in [2.24, 2.45) is 5.92 Å². The quantitative estimate of drug-likeness (QED) is 0.667. The third-order valence-corrected chi connectivity index (χ3v) is 6.84. The van der Waals surface area contributed by atoms with Crippen LogP contribution in [0, 0.1) is 17.6 Å². The molecule has 32 heavy (non-hydrogen) atoms. The van der Waals surface area contributed by atoms with Crippen molar-refractivity contribution in [3.8, 4) is 5.75 Å². The number of benzene rings is 1. The molecule has 2 atom stereocenters. The van der Waals surface area contributed by atoms with Crippen LogP contribution < -0.4 is 10.7 Å². The number of hydrogen-bond donors (Lipinski definition) is 2. The lowest BCUT2D eigenvalue weighted by molar-refractivity contribution is 0.0943. The molecule has 9 heteroatoms. The second kappa shape index (κ2) is 8.46. The number of carbonyl (C=O) groups is 2. The van der Waals surface area contributed by atoms with E-state index >= 15 is 0 Å². The van der Waals surface area contributed by atoms with Gasteiger partial charge in [-0.05, 0) is 38.3 Å². The molecule has 1 saturated heterocycles. The Kier molecular flexibility index (Phi) is 5.85. The van der Waals surface area contributed by atoms with E-state index in [2.05, 4.69) is 10.2 Å². The van der Waals surface area contributed by atoms with Crippen LogP contribution in [0.1, 0.15) is 52.1 Å². The first-order valence-electron chi connectivity index (χ1n) is 10.6. The van der Waals surface area contributed by atoms with Gasteiger partial charge in [0.1, 0.15) is 22.9 Å². The van der Waals surface area contributed by atoms with E-state index in [0.717, 1.165) is 38.3 Å². The van der Waals surface area contributed by atoms with Crippen LogP contribution in [0.5, 0.6) is 5.75 Å². The standard InChI is InChI=1S/C23H25F2N3O4/c1-27-10-14-3-2-6-23(27,8-14)13-28-11-17(20(30)21(31)19(28)12-29)22(32)26-9-15-4-5-16(24)7-18(15)25/h4-5,7,11-12,14,31H,2-3,6,8-10,13H2,1H3,(H,26,32). The summed E-state index contributed by atoms with van der Waals surface area (Å²) in [6.45, 7) is 1.03.